The lowest BCUT2D eigenvalue weighted by Gasteiger charge is -2.08. The lowest BCUT2D eigenvalue weighted by molar-refractivity contribution is 0.985. The number of hydrogen-bond donors (Lipinski definition) is 2. The fourth-order valence-electron chi connectivity index (χ4n) is 1.37. The van der Waals surface area contributed by atoms with Crippen molar-refractivity contribution in [2.24, 2.45) is 0 Å². The van der Waals surface area contributed by atoms with Crippen molar-refractivity contribution < 1.29 is 0 Å². The molecule has 0 aliphatic rings. The molecule has 1 heterocycles. The molecular weight excluding hydrogens is 236 g/mol. The van der Waals surface area contributed by atoms with Gasteiger partial charge >= 0.3 is 0 Å². The standard InChI is InChI=1S/C12H13ClN4/c1-8-5-16-10(6-15-8)7-17-12-3-2-9(14)4-11(12)13/h2-6,17H,7,14H2,1H3. The minimum atomic E-state index is 0.580. The van der Waals surface area contributed by atoms with E-state index in [1.54, 1.807) is 24.5 Å². The van der Waals surface area contributed by atoms with Crippen LogP contribution in [0.3, 0.4) is 0 Å². The van der Waals surface area contributed by atoms with Crippen molar-refractivity contribution >= 4 is 23.0 Å². The zero-order chi connectivity index (χ0) is 12.3. The average Bonchev–Trinajstić information content (AvgIpc) is 2.30. The maximum Gasteiger partial charge on any atom is 0.0777 e. The number of aromatic nitrogens is 2. The summed E-state index contributed by atoms with van der Waals surface area (Å²) in [5.41, 5.74) is 8.87. The van der Waals surface area contributed by atoms with E-state index in [0.29, 0.717) is 17.3 Å². The van der Waals surface area contributed by atoms with Gasteiger partial charge in [-0.1, -0.05) is 11.6 Å². The molecule has 0 fully saturated rings. The third kappa shape index (κ3) is 3.07. The van der Waals surface area contributed by atoms with Crippen LogP contribution in [0.1, 0.15) is 11.4 Å². The Hall–Kier alpha value is -1.81. The monoisotopic (exact) mass is 248 g/mol. The van der Waals surface area contributed by atoms with Gasteiger partial charge < -0.3 is 11.1 Å². The summed E-state index contributed by atoms with van der Waals surface area (Å²) in [4.78, 5) is 8.42. The molecule has 17 heavy (non-hydrogen) atoms. The Bertz CT molecular complexity index is 510. The molecule has 0 saturated heterocycles. The van der Waals surface area contributed by atoms with Crippen LogP contribution in [0.15, 0.2) is 30.6 Å². The van der Waals surface area contributed by atoms with Gasteiger partial charge in [0.25, 0.3) is 0 Å². The van der Waals surface area contributed by atoms with E-state index in [2.05, 4.69) is 15.3 Å². The van der Waals surface area contributed by atoms with Crippen molar-refractivity contribution in [1.29, 1.82) is 0 Å². The Balaban J connectivity index is 2.04. The number of nitrogens with one attached hydrogen (secondary N) is 1. The van der Waals surface area contributed by atoms with E-state index < -0.39 is 0 Å². The summed E-state index contributed by atoms with van der Waals surface area (Å²) in [5.74, 6) is 0. The Labute approximate surface area is 105 Å². The Kier molecular flexibility index (Phi) is 3.44. The number of rotatable bonds is 3. The first-order valence-corrected chi connectivity index (χ1v) is 5.59. The van der Waals surface area contributed by atoms with Crippen molar-refractivity contribution in [3.05, 3.63) is 47.0 Å². The van der Waals surface area contributed by atoms with Gasteiger partial charge in [0.2, 0.25) is 0 Å². The Morgan fingerprint density at radius 1 is 1.29 bits per heavy atom. The van der Waals surface area contributed by atoms with Crippen LogP contribution in [0.5, 0.6) is 0 Å². The van der Waals surface area contributed by atoms with Gasteiger partial charge in [-0.05, 0) is 25.1 Å². The molecule has 0 atom stereocenters. The van der Waals surface area contributed by atoms with E-state index in [1.807, 2.05) is 13.0 Å². The minimum Gasteiger partial charge on any atom is -0.399 e. The van der Waals surface area contributed by atoms with Crippen LogP contribution in [0.4, 0.5) is 11.4 Å². The second-order valence-electron chi connectivity index (χ2n) is 3.74. The van der Waals surface area contributed by atoms with Crippen molar-refractivity contribution in [3.63, 3.8) is 0 Å². The maximum atomic E-state index is 6.04. The lowest BCUT2D eigenvalue weighted by Crippen LogP contribution is -2.03. The summed E-state index contributed by atoms with van der Waals surface area (Å²) in [6.45, 7) is 2.48. The summed E-state index contributed by atoms with van der Waals surface area (Å²) in [5, 5.41) is 3.79. The van der Waals surface area contributed by atoms with Crippen molar-refractivity contribution in [2.45, 2.75) is 13.5 Å². The maximum absolute atomic E-state index is 6.04. The lowest BCUT2D eigenvalue weighted by atomic mass is 10.3. The predicted molar refractivity (Wildman–Crippen MR) is 70.0 cm³/mol. The van der Waals surface area contributed by atoms with Gasteiger partial charge in [-0.3, -0.25) is 9.97 Å². The van der Waals surface area contributed by atoms with Crippen LogP contribution in [-0.2, 0) is 6.54 Å². The van der Waals surface area contributed by atoms with E-state index in [4.69, 9.17) is 17.3 Å². The van der Waals surface area contributed by atoms with Crippen LogP contribution in [0, 0.1) is 6.92 Å². The molecule has 1 aromatic carbocycles. The molecule has 0 aliphatic heterocycles. The molecule has 0 saturated carbocycles. The second-order valence-corrected chi connectivity index (χ2v) is 4.15. The first-order chi connectivity index (χ1) is 8.15. The Morgan fingerprint density at radius 3 is 2.76 bits per heavy atom. The second kappa shape index (κ2) is 5.01. The van der Waals surface area contributed by atoms with Crippen LogP contribution < -0.4 is 11.1 Å². The quantitative estimate of drug-likeness (QED) is 0.820. The van der Waals surface area contributed by atoms with Crippen molar-refractivity contribution in [2.75, 3.05) is 11.1 Å². The molecule has 0 radical (unpaired) electrons. The van der Waals surface area contributed by atoms with Crippen molar-refractivity contribution in [1.82, 2.24) is 9.97 Å². The molecule has 4 nitrogen and oxygen atoms in total. The molecule has 3 N–H and O–H groups in total. The molecular formula is C12H13ClN4. The molecule has 0 aliphatic carbocycles. The number of aryl methyl sites for hydroxylation is 1. The average molecular weight is 249 g/mol. The minimum absolute atomic E-state index is 0.580. The highest BCUT2D eigenvalue weighted by Crippen LogP contribution is 2.24. The number of hydrogen-bond acceptors (Lipinski definition) is 4. The smallest absolute Gasteiger partial charge is 0.0777 e. The topological polar surface area (TPSA) is 63.8 Å². The van der Waals surface area contributed by atoms with E-state index in [0.717, 1.165) is 17.1 Å². The van der Waals surface area contributed by atoms with Gasteiger partial charge in [0.05, 0.1) is 34.8 Å². The third-order valence-electron chi connectivity index (χ3n) is 2.29. The molecule has 0 spiro atoms. The van der Waals surface area contributed by atoms with E-state index in [1.165, 1.54) is 0 Å². The predicted octanol–water partition coefficient (Wildman–Crippen LogP) is 2.63. The van der Waals surface area contributed by atoms with Gasteiger partial charge in [0, 0.05) is 11.9 Å². The number of benzene rings is 1. The Morgan fingerprint density at radius 2 is 2.12 bits per heavy atom. The largest absolute Gasteiger partial charge is 0.399 e. The highest BCUT2D eigenvalue weighted by molar-refractivity contribution is 6.33. The van der Waals surface area contributed by atoms with Crippen LogP contribution in [-0.4, -0.2) is 9.97 Å². The number of halogens is 1. The van der Waals surface area contributed by atoms with Gasteiger partial charge in [0.1, 0.15) is 0 Å². The number of nitrogen functional groups attached to an aromatic ring is 1. The number of anilines is 2. The summed E-state index contributed by atoms with van der Waals surface area (Å²) in [6, 6.07) is 5.36. The zero-order valence-electron chi connectivity index (χ0n) is 9.44. The zero-order valence-corrected chi connectivity index (χ0v) is 10.2. The molecule has 2 aromatic rings. The summed E-state index contributed by atoms with van der Waals surface area (Å²) < 4.78 is 0. The number of nitrogens with zero attached hydrogens (tertiary/aromatic N) is 2. The first kappa shape index (κ1) is 11.7. The molecule has 88 valence electrons. The molecule has 2 rings (SSSR count). The SMILES string of the molecule is Cc1cnc(CNc2ccc(N)cc2Cl)cn1. The molecule has 1 aromatic heterocycles. The van der Waals surface area contributed by atoms with Crippen LogP contribution in [0.2, 0.25) is 5.02 Å². The van der Waals surface area contributed by atoms with E-state index >= 15 is 0 Å². The number of nitrogens with two attached hydrogens (primary N) is 1. The molecule has 0 bridgehead atoms. The highest BCUT2D eigenvalue weighted by atomic mass is 35.5. The third-order valence-corrected chi connectivity index (χ3v) is 2.60. The molecule has 5 heteroatoms. The van der Waals surface area contributed by atoms with E-state index in [-0.39, 0.29) is 0 Å². The van der Waals surface area contributed by atoms with Crippen molar-refractivity contribution in [3.8, 4) is 0 Å². The fraction of sp³-hybridized carbons (Fsp3) is 0.167. The fourth-order valence-corrected chi connectivity index (χ4v) is 1.63. The van der Waals surface area contributed by atoms with Gasteiger partial charge in [0.15, 0.2) is 0 Å². The summed E-state index contributed by atoms with van der Waals surface area (Å²) in [6.07, 6.45) is 3.48. The van der Waals surface area contributed by atoms with Gasteiger partial charge in [-0.15, -0.1) is 0 Å². The summed E-state index contributed by atoms with van der Waals surface area (Å²) >= 11 is 6.04. The highest BCUT2D eigenvalue weighted by Gasteiger charge is 2.01. The first-order valence-electron chi connectivity index (χ1n) is 5.21. The molecule has 0 amide bonds. The summed E-state index contributed by atoms with van der Waals surface area (Å²) in [7, 11) is 0. The van der Waals surface area contributed by atoms with Crippen LogP contribution in [0.25, 0.3) is 0 Å². The van der Waals surface area contributed by atoms with Gasteiger partial charge in [-0.2, -0.15) is 0 Å². The molecule has 0 unspecified atom stereocenters. The normalized spacial score (nSPS) is 10.2. The van der Waals surface area contributed by atoms with Gasteiger partial charge in [-0.25, -0.2) is 0 Å². The van der Waals surface area contributed by atoms with Crippen LogP contribution >= 0.6 is 11.6 Å². The van der Waals surface area contributed by atoms with E-state index in [9.17, 15) is 0 Å².